The third kappa shape index (κ3) is 3.65. The molecule has 1 heterocycles. The zero-order valence-electron chi connectivity index (χ0n) is 14.1. The lowest BCUT2D eigenvalue weighted by atomic mass is 9.99. The van der Waals surface area contributed by atoms with Crippen molar-refractivity contribution in [2.24, 2.45) is 5.41 Å². The molecule has 0 radical (unpaired) electrons. The van der Waals surface area contributed by atoms with Crippen LogP contribution in [0.2, 0.25) is 0 Å². The van der Waals surface area contributed by atoms with Crippen molar-refractivity contribution in [1.82, 2.24) is 0 Å². The first-order valence-electron chi connectivity index (χ1n) is 8.36. The predicted octanol–water partition coefficient (Wildman–Crippen LogP) is 5.18. The maximum absolute atomic E-state index is 13.0. The number of rotatable bonds is 0. The van der Waals surface area contributed by atoms with E-state index in [1.165, 1.54) is 0 Å². The Morgan fingerprint density at radius 1 is 1.13 bits per heavy atom. The van der Waals surface area contributed by atoms with Crippen molar-refractivity contribution in [2.75, 3.05) is 18.5 Å². The SMILES string of the molecule is CC.CN1CCCCc2c(C#CC3(C(F)(F)F)CC3)cccc21. The van der Waals surface area contributed by atoms with Crippen LogP contribution in [-0.2, 0) is 6.42 Å². The third-order valence-electron chi connectivity index (χ3n) is 4.46. The number of halogens is 3. The van der Waals surface area contributed by atoms with E-state index in [1.54, 1.807) is 0 Å². The standard InChI is InChI=1S/C17H18F3N.C2H6/c1-21-12-3-2-6-14-13(5-4-7-15(14)21)8-9-16(10-11-16)17(18,19)20;1-2/h4-5,7H,2-3,6,10-12H2,1H3;1-2H3. The lowest BCUT2D eigenvalue weighted by Crippen LogP contribution is -2.22. The Morgan fingerprint density at radius 3 is 2.43 bits per heavy atom. The summed E-state index contributed by atoms with van der Waals surface area (Å²) >= 11 is 0. The van der Waals surface area contributed by atoms with Gasteiger partial charge in [-0.15, -0.1) is 0 Å². The molecule has 126 valence electrons. The van der Waals surface area contributed by atoms with E-state index in [2.05, 4.69) is 16.7 Å². The Morgan fingerprint density at radius 2 is 1.83 bits per heavy atom. The van der Waals surface area contributed by atoms with Gasteiger partial charge in [-0.3, -0.25) is 0 Å². The molecule has 1 aliphatic carbocycles. The van der Waals surface area contributed by atoms with E-state index in [1.807, 2.05) is 39.1 Å². The number of alkyl halides is 3. The molecule has 1 fully saturated rings. The predicted molar refractivity (Wildman–Crippen MR) is 88.6 cm³/mol. The van der Waals surface area contributed by atoms with Gasteiger partial charge < -0.3 is 4.90 Å². The minimum Gasteiger partial charge on any atom is -0.374 e. The largest absolute Gasteiger partial charge is 0.405 e. The van der Waals surface area contributed by atoms with Gasteiger partial charge in [0.25, 0.3) is 0 Å². The molecule has 1 aromatic rings. The molecular formula is C19H24F3N. The van der Waals surface area contributed by atoms with E-state index in [-0.39, 0.29) is 12.8 Å². The van der Waals surface area contributed by atoms with E-state index in [0.29, 0.717) is 0 Å². The number of hydrogen-bond acceptors (Lipinski definition) is 1. The van der Waals surface area contributed by atoms with Crippen molar-refractivity contribution in [3.8, 4) is 11.8 Å². The van der Waals surface area contributed by atoms with Gasteiger partial charge in [-0.1, -0.05) is 31.8 Å². The van der Waals surface area contributed by atoms with Crippen LogP contribution in [0, 0.1) is 17.3 Å². The quantitative estimate of drug-likeness (QED) is 0.595. The van der Waals surface area contributed by atoms with E-state index < -0.39 is 11.6 Å². The Balaban J connectivity index is 0.000000924. The third-order valence-corrected chi connectivity index (χ3v) is 4.46. The van der Waals surface area contributed by atoms with Gasteiger partial charge in [-0.05, 0) is 49.8 Å². The topological polar surface area (TPSA) is 3.24 Å². The van der Waals surface area contributed by atoms with Gasteiger partial charge >= 0.3 is 6.18 Å². The monoisotopic (exact) mass is 323 g/mol. The number of fused-ring (bicyclic) bond motifs is 1. The molecule has 0 saturated heterocycles. The number of hydrogen-bond donors (Lipinski definition) is 0. The molecule has 0 bridgehead atoms. The molecule has 3 rings (SSSR count). The van der Waals surface area contributed by atoms with E-state index in [4.69, 9.17) is 0 Å². The second-order valence-corrected chi connectivity index (χ2v) is 6.01. The van der Waals surface area contributed by atoms with Gasteiger partial charge in [-0.25, -0.2) is 0 Å². The first kappa shape index (κ1) is 17.7. The molecule has 23 heavy (non-hydrogen) atoms. The molecular weight excluding hydrogens is 299 g/mol. The second-order valence-electron chi connectivity index (χ2n) is 6.01. The van der Waals surface area contributed by atoms with Crippen LogP contribution in [0.25, 0.3) is 0 Å². The van der Waals surface area contributed by atoms with Crippen molar-refractivity contribution in [3.05, 3.63) is 29.3 Å². The van der Waals surface area contributed by atoms with Crippen LogP contribution in [0.15, 0.2) is 18.2 Å². The van der Waals surface area contributed by atoms with E-state index in [9.17, 15) is 13.2 Å². The smallest absolute Gasteiger partial charge is 0.374 e. The van der Waals surface area contributed by atoms with Gasteiger partial charge in [0.05, 0.1) is 0 Å². The van der Waals surface area contributed by atoms with Gasteiger partial charge in [0.15, 0.2) is 0 Å². The average molecular weight is 323 g/mol. The summed E-state index contributed by atoms with van der Waals surface area (Å²) in [5.41, 5.74) is 1.22. The fourth-order valence-electron chi connectivity index (χ4n) is 2.87. The van der Waals surface area contributed by atoms with Crippen molar-refractivity contribution in [3.63, 3.8) is 0 Å². The fourth-order valence-corrected chi connectivity index (χ4v) is 2.87. The number of benzene rings is 1. The highest BCUT2D eigenvalue weighted by Crippen LogP contribution is 2.57. The first-order chi connectivity index (χ1) is 10.9. The Hall–Kier alpha value is -1.63. The van der Waals surface area contributed by atoms with Crippen molar-refractivity contribution >= 4 is 5.69 Å². The van der Waals surface area contributed by atoms with Crippen LogP contribution in [0.5, 0.6) is 0 Å². The van der Waals surface area contributed by atoms with Crippen molar-refractivity contribution in [1.29, 1.82) is 0 Å². The fraction of sp³-hybridized carbons (Fsp3) is 0.579. The van der Waals surface area contributed by atoms with Gasteiger partial charge in [0, 0.05) is 24.8 Å². The summed E-state index contributed by atoms with van der Waals surface area (Å²) in [5, 5.41) is 0. The normalized spacial score (nSPS) is 18.6. The number of anilines is 1. The molecule has 0 aromatic heterocycles. The van der Waals surface area contributed by atoms with Crippen molar-refractivity contribution in [2.45, 2.75) is 52.1 Å². The minimum atomic E-state index is -4.21. The zero-order valence-corrected chi connectivity index (χ0v) is 14.1. The molecule has 2 aliphatic rings. The van der Waals surface area contributed by atoms with Gasteiger partial charge in [0.1, 0.15) is 5.41 Å². The van der Waals surface area contributed by atoms with Crippen LogP contribution in [0.1, 0.15) is 50.7 Å². The van der Waals surface area contributed by atoms with Crippen LogP contribution in [0.4, 0.5) is 18.9 Å². The Labute approximate surface area is 136 Å². The average Bonchev–Trinajstić information content (AvgIpc) is 3.33. The summed E-state index contributed by atoms with van der Waals surface area (Å²) in [7, 11) is 2.03. The first-order valence-corrected chi connectivity index (χ1v) is 8.36. The molecule has 0 atom stereocenters. The van der Waals surface area contributed by atoms with E-state index in [0.717, 1.165) is 42.6 Å². The Kier molecular flexibility index (Phi) is 5.29. The maximum Gasteiger partial charge on any atom is 0.405 e. The van der Waals surface area contributed by atoms with Crippen LogP contribution < -0.4 is 4.90 Å². The Bertz CT molecular complexity index is 603. The van der Waals surface area contributed by atoms with Gasteiger partial charge in [0.2, 0.25) is 0 Å². The van der Waals surface area contributed by atoms with Gasteiger partial charge in [-0.2, -0.15) is 13.2 Å². The van der Waals surface area contributed by atoms with E-state index >= 15 is 0 Å². The second kappa shape index (κ2) is 6.86. The lowest BCUT2D eigenvalue weighted by molar-refractivity contribution is -0.168. The summed E-state index contributed by atoms with van der Waals surface area (Å²) in [4.78, 5) is 2.17. The highest BCUT2D eigenvalue weighted by Gasteiger charge is 2.62. The zero-order chi connectivity index (χ0) is 17.1. The van der Waals surface area contributed by atoms with Crippen LogP contribution >= 0.6 is 0 Å². The highest BCUT2D eigenvalue weighted by molar-refractivity contribution is 5.61. The van der Waals surface area contributed by atoms with Crippen LogP contribution in [-0.4, -0.2) is 19.8 Å². The molecule has 0 amide bonds. The lowest BCUT2D eigenvalue weighted by Gasteiger charge is -2.20. The summed E-state index contributed by atoms with van der Waals surface area (Å²) < 4.78 is 38.9. The molecule has 1 nitrogen and oxygen atoms in total. The molecule has 1 aromatic carbocycles. The summed E-state index contributed by atoms with van der Waals surface area (Å²) in [6, 6.07) is 5.76. The minimum absolute atomic E-state index is 0.137. The molecule has 0 unspecified atom stereocenters. The highest BCUT2D eigenvalue weighted by atomic mass is 19.4. The van der Waals surface area contributed by atoms with Crippen LogP contribution in [0.3, 0.4) is 0 Å². The molecule has 1 saturated carbocycles. The van der Waals surface area contributed by atoms with Crippen molar-refractivity contribution < 1.29 is 13.2 Å². The molecule has 4 heteroatoms. The molecule has 0 spiro atoms. The maximum atomic E-state index is 13.0. The summed E-state index contributed by atoms with van der Waals surface area (Å²) in [6.07, 6.45) is -0.881. The summed E-state index contributed by atoms with van der Waals surface area (Å²) in [5.74, 6) is 5.35. The molecule has 0 N–H and O–H groups in total. The molecule has 1 aliphatic heterocycles. The number of nitrogens with zero attached hydrogens (tertiary/aromatic N) is 1. The summed E-state index contributed by atoms with van der Waals surface area (Å²) in [6.45, 7) is 4.98.